The molecule has 0 saturated carbocycles. The molecule has 0 fully saturated rings. The molecular weight excluding hydrogens is 296 g/mol. The smallest absolute Gasteiger partial charge is 0.227 e. The largest absolute Gasteiger partial charge is 0.437 e. The topological polar surface area (TPSA) is 38.9 Å². The number of rotatable bonds is 2. The highest BCUT2D eigenvalue weighted by Crippen LogP contribution is 2.37. The number of hydrogen-bond acceptors (Lipinski definition) is 3. The van der Waals surface area contributed by atoms with Crippen molar-refractivity contribution in [2.45, 2.75) is 33.6 Å². The molecule has 0 aliphatic carbocycles. The van der Waals surface area contributed by atoms with Crippen LogP contribution in [0.25, 0.3) is 33.3 Å². The molecule has 120 valence electrons. The number of pyridine rings is 2. The molecule has 0 bridgehead atoms. The van der Waals surface area contributed by atoms with Gasteiger partial charge >= 0.3 is 0 Å². The maximum atomic E-state index is 6.15. The lowest BCUT2D eigenvalue weighted by Crippen LogP contribution is -1.91. The molecule has 0 aliphatic heterocycles. The highest BCUT2D eigenvalue weighted by atomic mass is 16.3. The summed E-state index contributed by atoms with van der Waals surface area (Å²) in [5.74, 6) is 0.465. The van der Waals surface area contributed by atoms with Crippen LogP contribution in [0.2, 0.25) is 0 Å². The van der Waals surface area contributed by atoms with Crippen molar-refractivity contribution in [1.29, 1.82) is 0 Å². The Morgan fingerprint density at radius 2 is 1.83 bits per heavy atom. The van der Waals surface area contributed by atoms with Crippen LogP contribution < -0.4 is 0 Å². The van der Waals surface area contributed by atoms with E-state index in [9.17, 15) is 0 Å². The zero-order chi connectivity index (χ0) is 16.8. The van der Waals surface area contributed by atoms with E-state index in [2.05, 4.69) is 61.1 Å². The Hall–Kier alpha value is -2.68. The fourth-order valence-corrected chi connectivity index (χ4v) is 3.17. The minimum absolute atomic E-state index is 0.465. The lowest BCUT2D eigenvalue weighted by atomic mass is 9.99. The number of aryl methyl sites for hydroxylation is 2. The third kappa shape index (κ3) is 2.28. The number of hydrogen-bond donors (Lipinski definition) is 0. The summed E-state index contributed by atoms with van der Waals surface area (Å²) in [6, 6.07) is 12.6. The van der Waals surface area contributed by atoms with Crippen molar-refractivity contribution in [3.05, 3.63) is 59.4 Å². The molecular formula is C21H20N2O. The van der Waals surface area contributed by atoms with Gasteiger partial charge in [0.05, 0.1) is 5.69 Å². The summed E-state index contributed by atoms with van der Waals surface area (Å²) in [5.41, 5.74) is 6.96. The van der Waals surface area contributed by atoms with Crippen LogP contribution in [-0.2, 0) is 0 Å². The molecule has 0 N–H and O–H groups in total. The van der Waals surface area contributed by atoms with E-state index in [-0.39, 0.29) is 0 Å². The number of furan rings is 1. The van der Waals surface area contributed by atoms with Crippen LogP contribution in [0.5, 0.6) is 0 Å². The first-order chi connectivity index (χ1) is 11.5. The highest BCUT2D eigenvalue weighted by Gasteiger charge is 2.16. The van der Waals surface area contributed by atoms with Gasteiger partial charge in [-0.3, -0.25) is 4.98 Å². The molecule has 3 nitrogen and oxygen atoms in total. The van der Waals surface area contributed by atoms with Crippen molar-refractivity contribution in [2.24, 2.45) is 0 Å². The van der Waals surface area contributed by atoms with Gasteiger partial charge in [-0.15, -0.1) is 0 Å². The van der Waals surface area contributed by atoms with Gasteiger partial charge in [0.2, 0.25) is 5.71 Å². The van der Waals surface area contributed by atoms with E-state index in [1.807, 2.05) is 19.2 Å². The maximum Gasteiger partial charge on any atom is 0.227 e. The van der Waals surface area contributed by atoms with E-state index >= 15 is 0 Å². The van der Waals surface area contributed by atoms with Gasteiger partial charge in [0, 0.05) is 28.2 Å². The molecule has 3 aromatic heterocycles. The summed E-state index contributed by atoms with van der Waals surface area (Å²) in [6.07, 6.45) is 1.88. The van der Waals surface area contributed by atoms with Crippen molar-refractivity contribution >= 4 is 22.1 Å². The van der Waals surface area contributed by atoms with Crippen LogP contribution in [0.3, 0.4) is 0 Å². The normalized spacial score (nSPS) is 11.7. The third-order valence-electron chi connectivity index (χ3n) is 4.56. The Morgan fingerprint density at radius 1 is 1.00 bits per heavy atom. The first kappa shape index (κ1) is 14.9. The summed E-state index contributed by atoms with van der Waals surface area (Å²) >= 11 is 0. The predicted molar refractivity (Wildman–Crippen MR) is 98.3 cm³/mol. The monoisotopic (exact) mass is 316 g/mol. The van der Waals surface area contributed by atoms with Crippen LogP contribution in [0, 0.1) is 13.8 Å². The van der Waals surface area contributed by atoms with Crippen LogP contribution in [-0.4, -0.2) is 9.97 Å². The zero-order valence-corrected chi connectivity index (χ0v) is 14.4. The van der Waals surface area contributed by atoms with Crippen molar-refractivity contribution in [3.8, 4) is 11.3 Å². The molecule has 0 aliphatic rings. The Kier molecular flexibility index (Phi) is 3.38. The molecule has 0 amide bonds. The summed E-state index contributed by atoms with van der Waals surface area (Å²) in [7, 11) is 0. The Bertz CT molecular complexity index is 1060. The molecule has 0 atom stereocenters. The van der Waals surface area contributed by atoms with Crippen LogP contribution in [0.1, 0.15) is 36.6 Å². The molecule has 3 heteroatoms. The second kappa shape index (κ2) is 5.45. The van der Waals surface area contributed by atoms with Gasteiger partial charge in [-0.2, -0.15) is 0 Å². The number of benzene rings is 1. The van der Waals surface area contributed by atoms with Crippen molar-refractivity contribution in [3.63, 3.8) is 0 Å². The van der Waals surface area contributed by atoms with E-state index < -0.39 is 0 Å². The molecule has 24 heavy (non-hydrogen) atoms. The molecule has 0 unspecified atom stereocenters. The van der Waals surface area contributed by atoms with E-state index in [1.165, 1.54) is 11.1 Å². The summed E-state index contributed by atoms with van der Waals surface area (Å²) in [5, 5.41) is 2.20. The average Bonchev–Trinajstić information content (AvgIpc) is 2.94. The van der Waals surface area contributed by atoms with Gasteiger partial charge in [-0.25, -0.2) is 4.98 Å². The predicted octanol–water partition coefficient (Wildman–Crippen LogP) is 5.78. The SMILES string of the molecule is Cc1ccc2c(n1)oc1c(-c3cc(C(C)C)ccn3)ccc(C)c12. The fraction of sp³-hybridized carbons (Fsp3) is 0.238. The number of fused-ring (bicyclic) bond motifs is 3. The Balaban J connectivity index is 2.05. The first-order valence-electron chi connectivity index (χ1n) is 8.30. The fourth-order valence-electron chi connectivity index (χ4n) is 3.17. The molecule has 1 aromatic carbocycles. The second-order valence-corrected chi connectivity index (χ2v) is 6.67. The van der Waals surface area contributed by atoms with Gasteiger partial charge in [-0.1, -0.05) is 19.9 Å². The minimum Gasteiger partial charge on any atom is -0.437 e. The van der Waals surface area contributed by atoms with Crippen LogP contribution >= 0.6 is 0 Å². The molecule has 0 saturated heterocycles. The van der Waals surface area contributed by atoms with Gasteiger partial charge < -0.3 is 4.42 Å². The standard InChI is InChI=1S/C21H20N2O/c1-12(2)15-9-10-22-18(11-15)16-7-5-13(3)19-17-8-6-14(4)23-21(17)24-20(16)19/h5-12H,1-4H3. The summed E-state index contributed by atoms with van der Waals surface area (Å²) in [4.78, 5) is 9.13. The average molecular weight is 316 g/mol. The maximum absolute atomic E-state index is 6.15. The molecule has 4 rings (SSSR count). The summed E-state index contributed by atoms with van der Waals surface area (Å²) in [6.45, 7) is 8.47. The third-order valence-corrected chi connectivity index (χ3v) is 4.56. The second-order valence-electron chi connectivity index (χ2n) is 6.67. The molecule has 0 spiro atoms. The van der Waals surface area contributed by atoms with Gasteiger partial charge in [0.1, 0.15) is 5.58 Å². The van der Waals surface area contributed by atoms with E-state index in [1.54, 1.807) is 0 Å². The van der Waals surface area contributed by atoms with Gasteiger partial charge in [-0.05, 0) is 61.2 Å². The molecule has 4 aromatic rings. The van der Waals surface area contributed by atoms with E-state index in [0.717, 1.165) is 33.3 Å². The number of aromatic nitrogens is 2. The number of nitrogens with zero attached hydrogens (tertiary/aromatic N) is 2. The Morgan fingerprint density at radius 3 is 2.62 bits per heavy atom. The lowest BCUT2D eigenvalue weighted by Gasteiger charge is -2.08. The Labute approximate surface area is 141 Å². The van der Waals surface area contributed by atoms with Crippen molar-refractivity contribution in [1.82, 2.24) is 9.97 Å². The minimum atomic E-state index is 0.465. The summed E-state index contributed by atoms with van der Waals surface area (Å²) < 4.78 is 6.15. The van der Waals surface area contributed by atoms with Crippen LogP contribution in [0.15, 0.2) is 47.0 Å². The molecule has 0 radical (unpaired) electrons. The van der Waals surface area contributed by atoms with Gasteiger partial charge in [0.15, 0.2) is 0 Å². The van der Waals surface area contributed by atoms with Gasteiger partial charge in [0.25, 0.3) is 0 Å². The van der Waals surface area contributed by atoms with Crippen LogP contribution in [0.4, 0.5) is 0 Å². The quantitative estimate of drug-likeness (QED) is 0.470. The van der Waals surface area contributed by atoms with E-state index in [0.29, 0.717) is 11.6 Å². The first-order valence-corrected chi connectivity index (χ1v) is 8.30. The van der Waals surface area contributed by atoms with Crippen molar-refractivity contribution < 1.29 is 4.42 Å². The van der Waals surface area contributed by atoms with E-state index in [4.69, 9.17) is 4.42 Å². The lowest BCUT2D eigenvalue weighted by molar-refractivity contribution is 0.653. The molecule has 3 heterocycles. The van der Waals surface area contributed by atoms with Crippen molar-refractivity contribution in [2.75, 3.05) is 0 Å². The zero-order valence-electron chi connectivity index (χ0n) is 14.4. The highest BCUT2D eigenvalue weighted by molar-refractivity contribution is 6.10.